The third-order valence-electron chi connectivity index (χ3n) is 4.97. The lowest BCUT2D eigenvalue weighted by Gasteiger charge is -2.48. The first-order valence-electron chi connectivity index (χ1n) is 8.03. The molecule has 5 nitrogen and oxygen atoms in total. The summed E-state index contributed by atoms with van der Waals surface area (Å²) in [5.41, 5.74) is 1.00. The molecule has 22 heavy (non-hydrogen) atoms. The van der Waals surface area contributed by atoms with Gasteiger partial charge in [-0.25, -0.2) is 0 Å². The van der Waals surface area contributed by atoms with Crippen molar-refractivity contribution in [2.75, 3.05) is 39.8 Å². The molecule has 0 aromatic carbocycles. The smallest absolute Gasteiger partial charge is 0.240 e. The first-order valence-corrected chi connectivity index (χ1v) is 8.03. The summed E-state index contributed by atoms with van der Waals surface area (Å²) in [5.74, 6) is 1.11. The monoisotopic (exact) mass is 303 g/mol. The van der Waals surface area contributed by atoms with E-state index in [0.717, 1.165) is 51.3 Å². The number of amides is 1. The van der Waals surface area contributed by atoms with Crippen LogP contribution in [0.5, 0.6) is 0 Å². The van der Waals surface area contributed by atoms with E-state index < -0.39 is 0 Å². The maximum Gasteiger partial charge on any atom is 0.240 e. The van der Waals surface area contributed by atoms with Gasteiger partial charge in [-0.05, 0) is 45.0 Å². The number of hydrogen-bond acceptors (Lipinski definition) is 4. The van der Waals surface area contributed by atoms with Crippen molar-refractivity contribution in [3.8, 4) is 0 Å². The second-order valence-corrected chi connectivity index (χ2v) is 6.49. The first-order chi connectivity index (χ1) is 10.6. The number of piperazine rings is 1. The Balaban J connectivity index is 1.58. The van der Waals surface area contributed by atoms with Crippen molar-refractivity contribution in [2.45, 2.75) is 25.3 Å². The Labute approximate surface area is 131 Å². The molecule has 2 aliphatic rings. The van der Waals surface area contributed by atoms with Crippen molar-refractivity contribution in [2.24, 2.45) is 0 Å². The molecule has 120 valence electrons. The second-order valence-electron chi connectivity index (χ2n) is 6.49. The maximum absolute atomic E-state index is 12.3. The average Bonchev–Trinajstić information content (AvgIpc) is 2.99. The van der Waals surface area contributed by atoms with Crippen LogP contribution in [0.25, 0.3) is 6.08 Å². The van der Waals surface area contributed by atoms with Gasteiger partial charge in [0, 0.05) is 32.7 Å². The summed E-state index contributed by atoms with van der Waals surface area (Å²) in [6.45, 7) is 6.70. The van der Waals surface area contributed by atoms with Crippen molar-refractivity contribution in [1.29, 1.82) is 0 Å². The molecule has 0 saturated carbocycles. The molecule has 5 heteroatoms. The first kappa shape index (κ1) is 15.3. The van der Waals surface area contributed by atoms with Gasteiger partial charge in [0.1, 0.15) is 11.3 Å². The molecule has 0 aliphatic carbocycles. The summed E-state index contributed by atoms with van der Waals surface area (Å²) in [6, 6.07) is 3.87. The number of likely N-dealkylation sites (tertiary alicyclic amines) is 1. The lowest BCUT2D eigenvalue weighted by Crippen LogP contribution is -2.66. The van der Waals surface area contributed by atoms with Crippen LogP contribution in [0.15, 0.2) is 28.4 Å². The van der Waals surface area contributed by atoms with Gasteiger partial charge in [-0.3, -0.25) is 14.6 Å². The highest BCUT2D eigenvalue weighted by atomic mass is 16.3. The summed E-state index contributed by atoms with van der Waals surface area (Å²) in [4.78, 5) is 17.0. The Kier molecular flexibility index (Phi) is 4.36. The molecule has 3 rings (SSSR count). The molecule has 0 unspecified atom stereocenters. The zero-order valence-corrected chi connectivity index (χ0v) is 13.5. The molecule has 3 heterocycles. The Bertz CT molecular complexity index is 542. The zero-order chi connectivity index (χ0) is 15.6. The van der Waals surface area contributed by atoms with E-state index in [4.69, 9.17) is 4.42 Å². The average molecular weight is 303 g/mol. The molecule has 1 aromatic rings. The molecule has 0 radical (unpaired) electrons. The topological polar surface area (TPSA) is 48.7 Å². The molecular formula is C17H25N3O2. The molecule has 2 aliphatic heterocycles. The van der Waals surface area contributed by atoms with E-state index in [2.05, 4.69) is 35.2 Å². The van der Waals surface area contributed by atoms with Gasteiger partial charge in [-0.1, -0.05) is 5.57 Å². The lowest BCUT2D eigenvalue weighted by atomic mass is 9.83. The molecular weight excluding hydrogens is 278 g/mol. The lowest BCUT2D eigenvalue weighted by molar-refractivity contribution is -0.139. The predicted molar refractivity (Wildman–Crippen MR) is 86.4 cm³/mol. The van der Waals surface area contributed by atoms with Crippen molar-refractivity contribution in [3.63, 3.8) is 0 Å². The van der Waals surface area contributed by atoms with Gasteiger partial charge in [-0.2, -0.15) is 0 Å². The number of hydrogen-bond donors (Lipinski definition) is 1. The predicted octanol–water partition coefficient (Wildman–Crippen LogP) is 1.58. The van der Waals surface area contributed by atoms with Crippen LogP contribution >= 0.6 is 0 Å². The second kappa shape index (κ2) is 6.26. The molecule has 1 aromatic heterocycles. The Morgan fingerprint density at radius 1 is 1.41 bits per heavy atom. The fraction of sp³-hybridized carbons (Fsp3) is 0.588. The normalized spacial score (nSPS) is 23.7. The molecule has 2 fully saturated rings. The highest BCUT2D eigenvalue weighted by Gasteiger charge is 2.46. The zero-order valence-electron chi connectivity index (χ0n) is 13.5. The molecule has 1 spiro atoms. The van der Waals surface area contributed by atoms with Crippen molar-refractivity contribution in [3.05, 3.63) is 29.7 Å². The number of carbonyl (C=O) groups is 1. The van der Waals surface area contributed by atoms with Crippen LogP contribution in [-0.2, 0) is 4.79 Å². The Morgan fingerprint density at radius 3 is 2.82 bits per heavy atom. The fourth-order valence-electron chi connectivity index (χ4n) is 3.59. The molecule has 1 amide bonds. The molecule has 2 saturated heterocycles. The van der Waals surface area contributed by atoms with Crippen molar-refractivity contribution >= 4 is 12.0 Å². The minimum atomic E-state index is -0.284. The maximum atomic E-state index is 12.3. The fourth-order valence-corrected chi connectivity index (χ4v) is 3.59. The van der Waals surface area contributed by atoms with Crippen LogP contribution in [0.3, 0.4) is 0 Å². The number of furan rings is 1. The van der Waals surface area contributed by atoms with Crippen LogP contribution in [0, 0.1) is 0 Å². The number of carbonyl (C=O) groups excluding carboxylic acids is 1. The number of nitrogens with zero attached hydrogens (tertiary/aromatic N) is 2. The Morgan fingerprint density at radius 2 is 2.18 bits per heavy atom. The van der Waals surface area contributed by atoms with Gasteiger partial charge in [0.05, 0.1) is 6.26 Å². The highest BCUT2D eigenvalue weighted by molar-refractivity contribution is 5.87. The number of nitrogens with one attached hydrogen (secondary N) is 1. The van der Waals surface area contributed by atoms with E-state index in [1.807, 2.05) is 12.1 Å². The standard InChI is InChI=1S/C17H25N3O2/c1-14(12-15-4-3-11-22-15)13-20-8-5-17(6-9-20)16(21)18-7-10-19(17)2/h3-4,11-12H,5-10,13H2,1-2H3,(H,18,21)/b14-12+. The number of rotatable bonds is 3. The number of likely N-dealkylation sites (N-methyl/N-ethyl adjacent to an activating group) is 1. The van der Waals surface area contributed by atoms with Crippen LogP contribution < -0.4 is 5.32 Å². The third-order valence-corrected chi connectivity index (χ3v) is 4.97. The summed E-state index contributed by atoms with van der Waals surface area (Å²) in [7, 11) is 2.08. The van der Waals surface area contributed by atoms with Gasteiger partial charge in [0.15, 0.2) is 0 Å². The molecule has 0 bridgehead atoms. The third kappa shape index (κ3) is 2.96. The quantitative estimate of drug-likeness (QED) is 0.921. The largest absolute Gasteiger partial charge is 0.465 e. The van der Waals surface area contributed by atoms with Crippen LogP contribution in [0.2, 0.25) is 0 Å². The minimum Gasteiger partial charge on any atom is -0.465 e. The van der Waals surface area contributed by atoms with Gasteiger partial charge < -0.3 is 9.73 Å². The molecule has 1 N–H and O–H groups in total. The van der Waals surface area contributed by atoms with Gasteiger partial charge in [0.25, 0.3) is 0 Å². The summed E-state index contributed by atoms with van der Waals surface area (Å²) >= 11 is 0. The summed E-state index contributed by atoms with van der Waals surface area (Å²) in [5, 5.41) is 3.04. The van der Waals surface area contributed by atoms with Crippen LogP contribution in [0.4, 0.5) is 0 Å². The van der Waals surface area contributed by atoms with E-state index in [9.17, 15) is 4.79 Å². The summed E-state index contributed by atoms with van der Waals surface area (Å²) < 4.78 is 5.36. The number of piperidine rings is 1. The minimum absolute atomic E-state index is 0.212. The van der Waals surface area contributed by atoms with Crippen molar-refractivity contribution < 1.29 is 9.21 Å². The van der Waals surface area contributed by atoms with E-state index in [1.165, 1.54) is 5.57 Å². The van der Waals surface area contributed by atoms with Crippen LogP contribution in [0.1, 0.15) is 25.5 Å². The van der Waals surface area contributed by atoms with E-state index in [1.54, 1.807) is 6.26 Å². The van der Waals surface area contributed by atoms with Gasteiger partial charge in [0.2, 0.25) is 5.91 Å². The molecule has 0 atom stereocenters. The summed E-state index contributed by atoms with van der Waals surface area (Å²) in [6.07, 6.45) is 5.60. The van der Waals surface area contributed by atoms with Crippen LogP contribution in [-0.4, -0.2) is 61.0 Å². The van der Waals surface area contributed by atoms with Crippen molar-refractivity contribution in [1.82, 2.24) is 15.1 Å². The van der Waals surface area contributed by atoms with Gasteiger partial charge >= 0.3 is 0 Å². The SMILES string of the molecule is C/C(=C\c1ccco1)CN1CCC2(CC1)C(=O)NCCN2C. The highest BCUT2D eigenvalue weighted by Crippen LogP contribution is 2.30. The van der Waals surface area contributed by atoms with Gasteiger partial charge in [-0.15, -0.1) is 0 Å². The van der Waals surface area contributed by atoms with E-state index in [-0.39, 0.29) is 11.4 Å². The van der Waals surface area contributed by atoms with E-state index in [0.29, 0.717) is 0 Å². The van der Waals surface area contributed by atoms with E-state index >= 15 is 0 Å². The Hall–Kier alpha value is -1.59.